The van der Waals surface area contributed by atoms with E-state index in [0.717, 1.165) is 25.0 Å². The molecule has 0 saturated carbocycles. The van der Waals surface area contributed by atoms with E-state index in [-0.39, 0.29) is 6.29 Å². The number of ether oxygens (including phenoxy) is 3. The van der Waals surface area contributed by atoms with Crippen LogP contribution in [0.1, 0.15) is 19.3 Å². The highest BCUT2D eigenvalue weighted by atomic mass is 16.7. The van der Waals surface area contributed by atoms with Crippen LogP contribution in [0.4, 0.5) is 0 Å². The number of aliphatic hydroxyl groups excluding tert-OH is 1. The number of aliphatic hydroxyl groups is 1. The van der Waals surface area contributed by atoms with Crippen LogP contribution in [0.5, 0.6) is 0 Å². The van der Waals surface area contributed by atoms with E-state index < -0.39 is 6.10 Å². The summed E-state index contributed by atoms with van der Waals surface area (Å²) in [6.07, 6.45) is 3.34. The monoisotopic (exact) mass is 200 g/mol. The minimum absolute atomic E-state index is 0.243. The van der Waals surface area contributed by atoms with E-state index in [2.05, 4.69) is 0 Å². The van der Waals surface area contributed by atoms with E-state index in [1.807, 2.05) is 0 Å². The molecule has 0 spiro atoms. The summed E-state index contributed by atoms with van der Waals surface area (Å²) in [5, 5.41) is 9.83. The first-order chi connectivity index (χ1) is 6.86. The van der Waals surface area contributed by atoms with Crippen molar-refractivity contribution in [3.63, 3.8) is 0 Å². The Labute approximate surface area is 83.5 Å². The van der Waals surface area contributed by atoms with Gasteiger partial charge in [-0.15, -0.1) is 0 Å². The van der Waals surface area contributed by atoms with Crippen LogP contribution >= 0.6 is 0 Å². The summed E-state index contributed by atoms with van der Waals surface area (Å²) < 4.78 is 15.7. The molecule has 80 valence electrons. The van der Waals surface area contributed by atoms with Crippen LogP contribution in [-0.4, -0.2) is 37.3 Å². The Morgan fingerprint density at radius 3 is 2.79 bits per heavy atom. The molecular formula is C10H16O4. The second-order valence-electron chi connectivity index (χ2n) is 3.59. The number of hydrogen-bond donors (Lipinski definition) is 1. The van der Waals surface area contributed by atoms with Gasteiger partial charge < -0.3 is 19.3 Å². The second kappa shape index (κ2) is 4.77. The molecule has 1 unspecified atom stereocenters. The van der Waals surface area contributed by atoms with Crippen molar-refractivity contribution in [2.24, 2.45) is 0 Å². The Hall–Kier alpha value is -0.580. The largest absolute Gasteiger partial charge is 0.501 e. The highest BCUT2D eigenvalue weighted by Gasteiger charge is 2.23. The maximum Gasteiger partial charge on any atom is 0.160 e. The van der Waals surface area contributed by atoms with Crippen LogP contribution in [0, 0.1) is 0 Å². The van der Waals surface area contributed by atoms with Gasteiger partial charge in [0.15, 0.2) is 6.29 Å². The number of hydrogen-bond acceptors (Lipinski definition) is 4. The predicted octanol–water partition coefficient (Wildman–Crippen LogP) is 0.805. The molecule has 0 aliphatic carbocycles. The van der Waals surface area contributed by atoms with Crippen molar-refractivity contribution in [1.29, 1.82) is 0 Å². The zero-order chi connectivity index (χ0) is 9.80. The third-order valence-corrected chi connectivity index (χ3v) is 2.50. The summed E-state index contributed by atoms with van der Waals surface area (Å²) in [4.78, 5) is 0. The van der Waals surface area contributed by atoms with Crippen molar-refractivity contribution in [3.8, 4) is 0 Å². The fourth-order valence-corrected chi connectivity index (χ4v) is 1.71. The molecule has 0 aromatic rings. The molecule has 4 heteroatoms. The summed E-state index contributed by atoms with van der Waals surface area (Å²) in [6, 6.07) is 0. The standard InChI is InChI=1S/C10H16O4/c11-9(6-10-13-4-5-14-10)8-2-1-3-12-7-8/h7,9-11H,1-6H2. The second-order valence-corrected chi connectivity index (χ2v) is 3.59. The molecule has 2 aliphatic heterocycles. The maximum atomic E-state index is 9.83. The molecule has 1 fully saturated rings. The molecule has 1 saturated heterocycles. The first-order valence-electron chi connectivity index (χ1n) is 5.08. The summed E-state index contributed by atoms with van der Waals surface area (Å²) in [5.74, 6) is 0. The molecular weight excluding hydrogens is 184 g/mol. The summed E-state index contributed by atoms with van der Waals surface area (Å²) in [6.45, 7) is 2.02. The van der Waals surface area contributed by atoms with E-state index in [0.29, 0.717) is 19.6 Å². The van der Waals surface area contributed by atoms with E-state index in [9.17, 15) is 5.11 Å². The molecule has 0 radical (unpaired) electrons. The fourth-order valence-electron chi connectivity index (χ4n) is 1.71. The third-order valence-electron chi connectivity index (χ3n) is 2.50. The molecule has 0 aromatic heterocycles. The third kappa shape index (κ3) is 2.47. The topological polar surface area (TPSA) is 47.9 Å². The highest BCUT2D eigenvalue weighted by Crippen LogP contribution is 2.21. The molecule has 2 heterocycles. The van der Waals surface area contributed by atoms with Crippen LogP contribution in [0.15, 0.2) is 11.8 Å². The Morgan fingerprint density at radius 2 is 2.14 bits per heavy atom. The van der Waals surface area contributed by atoms with Crippen LogP contribution < -0.4 is 0 Å². The van der Waals surface area contributed by atoms with Crippen molar-refractivity contribution in [2.75, 3.05) is 19.8 Å². The van der Waals surface area contributed by atoms with E-state index in [1.165, 1.54) is 0 Å². The van der Waals surface area contributed by atoms with Gasteiger partial charge in [0, 0.05) is 6.42 Å². The number of rotatable bonds is 3. The Morgan fingerprint density at radius 1 is 1.36 bits per heavy atom. The normalized spacial score (nSPS) is 25.6. The molecule has 0 amide bonds. The maximum absolute atomic E-state index is 9.83. The molecule has 0 aromatic carbocycles. The molecule has 2 rings (SSSR count). The molecule has 4 nitrogen and oxygen atoms in total. The lowest BCUT2D eigenvalue weighted by molar-refractivity contribution is -0.0660. The van der Waals surface area contributed by atoms with Crippen LogP contribution in [0.25, 0.3) is 0 Å². The van der Waals surface area contributed by atoms with Crippen molar-refractivity contribution in [2.45, 2.75) is 31.7 Å². The molecule has 1 N–H and O–H groups in total. The van der Waals surface area contributed by atoms with Gasteiger partial charge >= 0.3 is 0 Å². The minimum Gasteiger partial charge on any atom is -0.501 e. The van der Waals surface area contributed by atoms with Crippen molar-refractivity contribution in [1.82, 2.24) is 0 Å². The SMILES string of the molecule is OC(CC1OCCO1)C1=COCCC1. The van der Waals surface area contributed by atoms with Crippen molar-refractivity contribution >= 4 is 0 Å². The molecule has 14 heavy (non-hydrogen) atoms. The van der Waals surface area contributed by atoms with Crippen LogP contribution in [0.3, 0.4) is 0 Å². The lowest BCUT2D eigenvalue weighted by atomic mass is 10.0. The average molecular weight is 200 g/mol. The van der Waals surface area contributed by atoms with E-state index >= 15 is 0 Å². The van der Waals surface area contributed by atoms with Gasteiger partial charge in [-0.25, -0.2) is 0 Å². The Kier molecular flexibility index (Phi) is 3.39. The van der Waals surface area contributed by atoms with Gasteiger partial charge in [0.05, 0.1) is 32.2 Å². The highest BCUT2D eigenvalue weighted by molar-refractivity contribution is 5.06. The lowest BCUT2D eigenvalue weighted by Crippen LogP contribution is -2.22. The summed E-state index contributed by atoms with van der Waals surface area (Å²) in [5.41, 5.74) is 0.954. The van der Waals surface area contributed by atoms with Crippen molar-refractivity contribution < 1.29 is 19.3 Å². The minimum atomic E-state index is -0.488. The Bertz CT molecular complexity index is 208. The fraction of sp³-hybridized carbons (Fsp3) is 0.800. The first kappa shape index (κ1) is 9.96. The zero-order valence-corrected chi connectivity index (χ0v) is 8.15. The zero-order valence-electron chi connectivity index (χ0n) is 8.15. The Balaban J connectivity index is 1.81. The smallest absolute Gasteiger partial charge is 0.160 e. The molecule has 2 aliphatic rings. The van der Waals surface area contributed by atoms with E-state index in [4.69, 9.17) is 14.2 Å². The van der Waals surface area contributed by atoms with Crippen LogP contribution in [-0.2, 0) is 14.2 Å². The van der Waals surface area contributed by atoms with Gasteiger partial charge in [0.1, 0.15) is 0 Å². The van der Waals surface area contributed by atoms with E-state index in [1.54, 1.807) is 6.26 Å². The van der Waals surface area contributed by atoms with Gasteiger partial charge in [-0.3, -0.25) is 0 Å². The van der Waals surface area contributed by atoms with Gasteiger partial charge in [-0.1, -0.05) is 0 Å². The predicted molar refractivity (Wildman–Crippen MR) is 49.6 cm³/mol. The summed E-state index contributed by atoms with van der Waals surface area (Å²) in [7, 11) is 0. The van der Waals surface area contributed by atoms with Crippen molar-refractivity contribution in [3.05, 3.63) is 11.8 Å². The van der Waals surface area contributed by atoms with Gasteiger partial charge in [-0.05, 0) is 18.4 Å². The summed E-state index contributed by atoms with van der Waals surface area (Å²) >= 11 is 0. The van der Waals surface area contributed by atoms with Gasteiger partial charge in [0.2, 0.25) is 0 Å². The quantitative estimate of drug-likeness (QED) is 0.732. The molecule has 1 atom stereocenters. The van der Waals surface area contributed by atoms with Gasteiger partial charge in [-0.2, -0.15) is 0 Å². The first-order valence-corrected chi connectivity index (χ1v) is 5.08. The lowest BCUT2D eigenvalue weighted by Gasteiger charge is -2.20. The van der Waals surface area contributed by atoms with Gasteiger partial charge in [0.25, 0.3) is 0 Å². The molecule has 0 bridgehead atoms. The average Bonchev–Trinajstić information content (AvgIpc) is 2.72. The van der Waals surface area contributed by atoms with Crippen LogP contribution in [0.2, 0.25) is 0 Å².